The van der Waals surface area contributed by atoms with Gasteiger partial charge in [0.05, 0.1) is 5.57 Å². The van der Waals surface area contributed by atoms with E-state index >= 15 is 0 Å². The summed E-state index contributed by atoms with van der Waals surface area (Å²) in [4.78, 5) is 3.95. The van der Waals surface area contributed by atoms with Crippen LogP contribution >= 0.6 is 11.3 Å². The van der Waals surface area contributed by atoms with Gasteiger partial charge in [0.25, 0.3) is 0 Å². The van der Waals surface area contributed by atoms with Gasteiger partial charge in [-0.05, 0) is 26.7 Å². The van der Waals surface area contributed by atoms with E-state index in [0.29, 0.717) is 17.7 Å². The van der Waals surface area contributed by atoms with Crippen LogP contribution in [0.15, 0.2) is 11.0 Å². The predicted molar refractivity (Wildman–Crippen MR) is 65.0 cm³/mol. The summed E-state index contributed by atoms with van der Waals surface area (Å²) in [6, 6.07) is 0. The fourth-order valence-electron chi connectivity index (χ4n) is 1.58. The van der Waals surface area contributed by atoms with Crippen LogP contribution in [0.3, 0.4) is 0 Å². The lowest BCUT2D eigenvalue weighted by Crippen LogP contribution is -2.12. The maximum atomic E-state index is 13.0. The molecule has 0 N–H and O–H groups in total. The van der Waals surface area contributed by atoms with Crippen molar-refractivity contribution >= 4 is 16.9 Å². The van der Waals surface area contributed by atoms with Crippen molar-refractivity contribution in [1.82, 2.24) is 4.98 Å². The third kappa shape index (κ3) is 3.84. The van der Waals surface area contributed by atoms with Gasteiger partial charge in [0.2, 0.25) is 0 Å². The Morgan fingerprint density at radius 2 is 2.06 bits per heavy atom. The standard InChI is InChI=1S/C12H16F3NS/c1-4-5-6-8(2)10(12(13,14)15)11-16-9(3)7-17-11/h7H,4-6H2,1-3H3/b10-8-. The van der Waals surface area contributed by atoms with Crippen molar-refractivity contribution in [3.05, 3.63) is 21.7 Å². The first-order valence-corrected chi connectivity index (χ1v) is 6.43. The van der Waals surface area contributed by atoms with Crippen molar-refractivity contribution in [3.63, 3.8) is 0 Å². The van der Waals surface area contributed by atoms with E-state index in [2.05, 4.69) is 4.98 Å². The van der Waals surface area contributed by atoms with E-state index < -0.39 is 11.7 Å². The van der Waals surface area contributed by atoms with Gasteiger partial charge in [0.15, 0.2) is 0 Å². The van der Waals surface area contributed by atoms with Gasteiger partial charge in [0, 0.05) is 11.1 Å². The molecule has 0 fully saturated rings. The SMILES string of the molecule is CCCC/C(C)=C(/c1nc(C)cs1)C(F)(F)F. The highest BCUT2D eigenvalue weighted by atomic mass is 32.1. The Morgan fingerprint density at radius 1 is 1.41 bits per heavy atom. The summed E-state index contributed by atoms with van der Waals surface area (Å²) in [5.74, 6) is 0. The molecule has 1 nitrogen and oxygen atoms in total. The van der Waals surface area contributed by atoms with Crippen LogP contribution in [0.5, 0.6) is 0 Å². The second kappa shape index (κ2) is 5.67. The number of allylic oxidation sites excluding steroid dienone is 2. The maximum Gasteiger partial charge on any atom is 0.419 e. The molecule has 0 radical (unpaired) electrons. The van der Waals surface area contributed by atoms with E-state index in [1.54, 1.807) is 19.2 Å². The largest absolute Gasteiger partial charge is 0.419 e. The van der Waals surface area contributed by atoms with Gasteiger partial charge in [0.1, 0.15) is 5.01 Å². The van der Waals surface area contributed by atoms with Gasteiger partial charge in [-0.2, -0.15) is 13.2 Å². The Kier molecular flexibility index (Phi) is 4.74. The monoisotopic (exact) mass is 263 g/mol. The number of aromatic nitrogens is 1. The van der Waals surface area contributed by atoms with E-state index in [1.807, 2.05) is 6.92 Å². The van der Waals surface area contributed by atoms with Crippen molar-refractivity contribution < 1.29 is 13.2 Å². The molecule has 1 heterocycles. The number of nitrogens with zero attached hydrogens (tertiary/aromatic N) is 1. The van der Waals surface area contributed by atoms with Crippen LogP contribution in [0, 0.1) is 6.92 Å². The van der Waals surface area contributed by atoms with Crippen LogP contribution < -0.4 is 0 Å². The second-order valence-corrected chi connectivity index (χ2v) is 4.91. The number of hydrogen-bond acceptors (Lipinski definition) is 2. The Bertz CT molecular complexity index is 404. The zero-order valence-corrected chi connectivity index (χ0v) is 11.0. The molecule has 0 aliphatic heterocycles. The van der Waals surface area contributed by atoms with Crippen molar-refractivity contribution in [2.45, 2.75) is 46.2 Å². The van der Waals surface area contributed by atoms with Gasteiger partial charge in [-0.25, -0.2) is 4.98 Å². The quantitative estimate of drug-likeness (QED) is 0.746. The highest BCUT2D eigenvalue weighted by molar-refractivity contribution is 7.10. The molecule has 0 aliphatic rings. The molecule has 0 aliphatic carbocycles. The smallest absolute Gasteiger partial charge is 0.241 e. The normalized spacial score (nSPS) is 13.8. The number of halogens is 3. The number of aryl methyl sites for hydroxylation is 1. The van der Waals surface area contributed by atoms with Gasteiger partial charge >= 0.3 is 6.18 Å². The van der Waals surface area contributed by atoms with Crippen LogP contribution in [-0.4, -0.2) is 11.2 Å². The van der Waals surface area contributed by atoms with E-state index in [4.69, 9.17) is 0 Å². The molecule has 1 rings (SSSR count). The zero-order chi connectivity index (χ0) is 13.1. The maximum absolute atomic E-state index is 13.0. The molecule has 0 saturated carbocycles. The predicted octanol–water partition coefficient (Wildman–Crippen LogP) is 4.98. The van der Waals surface area contributed by atoms with Crippen molar-refractivity contribution in [2.75, 3.05) is 0 Å². The third-order valence-electron chi connectivity index (χ3n) is 2.45. The van der Waals surface area contributed by atoms with E-state index in [0.717, 1.165) is 24.2 Å². The molecular formula is C12H16F3NS. The van der Waals surface area contributed by atoms with E-state index in [1.165, 1.54) is 0 Å². The Labute approximate surface area is 103 Å². The molecular weight excluding hydrogens is 247 g/mol. The number of hydrogen-bond donors (Lipinski definition) is 0. The molecule has 5 heteroatoms. The minimum atomic E-state index is -4.32. The first kappa shape index (κ1) is 14.2. The zero-order valence-electron chi connectivity index (χ0n) is 10.2. The third-order valence-corrected chi connectivity index (χ3v) is 3.43. The number of rotatable bonds is 4. The summed E-state index contributed by atoms with van der Waals surface area (Å²) in [7, 11) is 0. The topological polar surface area (TPSA) is 12.9 Å². The highest BCUT2D eigenvalue weighted by Crippen LogP contribution is 2.38. The average molecular weight is 263 g/mol. The molecule has 0 amide bonds. The number of thiazole rings is 1. The van der Waals surface area contributed by atoms with Crippen LogP contribution in [-0.2, 0) is 0 Å². The Balaban J connectivity index is 3.12. The summed E-state index contributed by atoms with van der Waals surface area (Å²) in [5.41, 5.74) is 0.466. The summed E-state index contributed by atoms with van der Waals surface area (Å²) in [5, 5.41) is 1.73. The van der Waals surface area contributed by atoms with Crippen LogP contribution in [0.1, 0.15) is 43.8 Å². The van der Waals surface area contributed by atoms with E-state index in [-0.39, 0.29) is 5.01 Å². The van der Waals surface area contributed by atoms with Crippen LogP contribution in [0.4, 0.5) is 13.2 Å². The molecule has 17 heavy (non-hydrogen) atoms. The van der Waals surface area contributed by atoms with Gasteiger partial charge in [-0.3, -0.25) is 0 Å². The molecule has 96 valence electrons. The molecule has 1 aromatic rings. The summed E-state index contributed by atoms with van der Waals surface area (Å²) >= 11 is 1.06. The Morgan fingerprint density at radius 3 is 2.47 bits per heavy atom. The van der Waals surface area contributed by atoms with Crippen molar-refractivity contribution in [3.8, 4) is 0 Å². The average Bonchev–Trinajstić information content (AvgIpc) is 2.59. The molecule has 1 aromatic heterocycles. The molecule has 0 saturated heterocycles. The summed E-state index contributed by atoms with van der Waals surface area (Å²) in [6.45, 7) is 5.22. The van der Waals surface area contributed by atoms with Gasteiger partial charge in [-0.1, -0.05) is 18.9 Å². The first-order valence-electron chi connectivity index (χ1n) is 5.55. The van der Waals surface area contributed by atoms with Gasteiger partial charge in [-0.15, -0.1) is 11.3 Å². The second-order valence-electron chi connectivity index (χ2n) is 4.05. The fourth-order valence-corrected chi connectivity index (χ4v) is 2.52. The fraction of sp³-hybridized carbons (Fsp3) is 0.583. The lowest BCUT2D eigenvalue weighted by Gasteiger charge is -2.13. The minimum Gasteiger partial charge on any atom is -0.241 e. The van der Waals surface area contributed by atoms with Crippen molar-refractivity contribution in [1.29, 1.82) is 0 Å². The molecule has 0 spiro atoms. The molecule has 0 aromatic carbocycles. The lowest BCUT2D eigenvalue weighted by molar-refractivity contribution is -0.0695. The lowest BCUT2D eigenvalue weighted by atomic mass is 10.0. The molecule has 0 bridgehead atoms. The number of unbranched alkanes of at least 4 members (excludes halogenated alkanes) is 1. The summed E-state index contributed by atoms with van der Waals surface area (Å²) in [6.07, 6.45) is -2.18. The van der Waals surface area contributed by atoms with Gasteiger partial charge < -0.3 is 0 Å². The minimum absolute atomic E-state index is 0.0867. The molecule has 0 atom stereocenters. The van der Waals surface area contributed by atoms with Crippen LogP contribution in [0.2, 0.25) is 0 Å². The first-order chi connectivity index (χ1) is 7.86. The number of alkyl halides is 3. The Hall–Kier alpha value is -0.840. The molecule has 0 unspecified atom stereocenters. The van der Waals surface area contributed by atoms with Crippen LogP contribution in [0.25, 0.3) is 5.57 Å². The highest BCUT2D eigenvalue weighted by Gasteiger charge is 2.37. The van der Waals surface area contributed by atoms with Crippen molar-refractivity contribution in [2.24, 2.45) is 0 Å². The van der Waals surface area contributed by atoms with E-state index in [9.17, 15) is 13.2 Å². The summed E-state index contributed by atoms with van der Waals surface area (Å²) < 4.78 is 39.0.